The Kier molecular flexibility index (Phi) is 5.94. The van der Waals surface area contributed by atoms with E-state index < -0.39 is 46.9 Å². The summed E-state index contributed by atoms with van der Waals surface area (Å²) >= 11 is 0.624. The zero-order valence-electron chi connectivity index (χ0n) is 9.30. The summed E-state index contributed by atoms with van der Waals surface area (Å²) in [4.78, 5) is 0. The van der Waals surface area contributed by atoms with Crippen LogP contribution in [0.5, 0.6) is 0 Å². The molecule has 0 radical (unpaired) electrons. The number of thioether (sulfide) groups is 1. The minimum Gasteiger partial charge on any atom is -0.394 e. The number of hydrogen-bond acceptors (Lipinski definition) is 10. The summed E-state index contributed by atoms with van der Waals surface area (Å²) in [6.45, 7) is -0.583. The maximum Gasteiger partial charge on any atom is 0.466 e. The molecule has 12 heteroatoms. The lowest BCUT2D eigenvalue weighted by atomic mass is 10.0. The molecule has 1 heterocycles. The van der Waals surface area contributed by atoms with E-state index in [1.54, 1.807) is 0 Å². The molecule has 10 nitrogen and oxygen atoms in total. The number of rotatable bonds is 5. The van der Waals surface area contributed by atoms with Crippen molar-refractivity contribution in [3.8, 4) is 0 Å². The Morgan fingerprint density at radius 1 is 1.26 bits per heavy atom. The fourth-order valence-corrected chi connectivity index (χ4v) is 2.28. The van der Waals surface area contributed by atoms with E-state index >= 15 is 0 Å². The highest BCUT2D eigenvalue weighted by molar-refractivity contribution is 8.12. The Morgan fingerprint density at radius 3 is 2.42 bits per heavy atom. The van der Waals surface area contributed by atoms with Crippen molar-refractivity contribution in [2.75, 3.05) is 6.61 Å². The van der Waals surface area contributed by atoms with Crippen molar-refractivity contribution in [2.45, 2.75) is 29.9 Å². The molecule has 112 valence electrons. The molecule has 1 rings (SSSR count). The van der Waals surface area contributed by atoms with Gasteiger partial charge in [-0.25, -0.2) is 4.28 Å². The Labute approximate surface area is 112 Å². The smallest absolute Gasteiger partial charge is 0.394 e. The molecule has 0 amide bonds. The van der Waals surface area contributed by atoms with E-state index in [9.17, 15) is 23.7 Å². The summed E-state index contributed by atoms with van der Waals surface area (Å²) in [6, 6.07) is 0. The minimum atomic E-state index is -4.72. The quantitative estimate of drug-likeness (QED) is 0.155. The van der Waals surface area contributed by atoms with Gasteiger partial charge in [-0.2, -0.15) is 8.42 Å². The van der Waals surface area contributed by atoms with Crippen LogP contribution in [-0.4, -0.2) is 75.4 Å². The fourth-order valence-electron chi connectivity index (χ4n) is 1.34. The Morgan fingerprint density at radius 2 is 1.89 bits per heavy atom. The van der Waals surface area contributed by atoms with Gasteiger partial charge < -0.3 is 25.2 Å². The van der Waals surface area contributed by atoms with Crippen molar-refractivity contribution < 1.29 is 42.4 Å². The molecular formula is C7H13NO9S2. The molecule has 0 aromatic rings. The number of aliphatic hydroxyl groups excluding tert-OH is 4. The molecular weight excluding hydrogens is 306 g/mol. The third-order valence-electron chi connectivity index (χ3n) is 2.22. The van der Waals surface area contributed by atoms with Gasteiger partial charge in [0, 0.05) is 0 Å². The molecule has 0 aromatic carbocycles. The van der Waals surface area contributed by atoms with Crippen molar-refractivity contribution in [2.24, 2.45) is 5.16 Å². The first-order valence-electron chi connectivity index (χ1n) is 4.90. The predicted molar refractivity (Wildman–Crippen MR) is 62.5 cm³/mol. The van der Waals surface area contributed by atoms with E-state index in [1.807, 2.05) is 0 Å². The lowest BCUT2D eigenvalue weighted by Crippen LogP contribution is -2.57. The SMILES string of the molecule is O=S(=O)(O)O/N=C\S[C@@H]1O[C@H](CO)[C@@H](O)[C@H](O)[C@H]1O. The van der Waals surface area contributed by atoms with Crippen LogP contribution in [0.2, 0.25) is 0 Å². The van der Waals surface area contributed by atoms with Crippen LogP contribution in [0.1, 0.15) is 0 Å². The van der Waals surface area contributed by atoms with E-state index in [1.165, 1.54) is 0 Å². The maximum atomic E-state index is 10.2. The van der Waals surface area contributed by atoms with Gasteiger partial charge in [0.2, 0.25) is 0 Å². The van der Waals surface area contributed by atoms with Crippen molar-refractivity contribution in [3.63, 3.8) is 0 Å². The van der Waals surface area contributed by atoms with Crippen LogP contribution >= 0.6 is 11.8 Å². The molecule has 0 aliphatic carbocycles. The van der Waals surface area contributed by atoms with Crippen molar-refractivity contribution in [3.05, 3.63) is 0 Å². The van der Waals surface area contributed by atoms with Crippen molar-refractivity contribution >= 4 is 27.7 Å². The van der Waals surface area contributed by atoms with Crippen molar-refractivity contribution in [1.82, 2.24) is 0 Å². The summed E-state index contributed by atoms with van der Waals surface area (Å²) in [6.07, 6.45) is -5.59. The first-order chi connectivity index (χ1) is 8.76. The number of oxime groups is 1. The average Bonchev–Trinajstić information content (AvgIpc) is 2.33. The van der Waals surface area contributed by atoms with E-state index in [4.69, 9.17) is 14.4 Å². The van der Waals surface area contributed by atoms with Gasteiger partial charge in [0.15, 0.2) is 0 Å². The van der Waals surface area contributed by atoms with Crippen LogP contribution in [-0.2, 0) is 19.4 Å². The second kappa shape index (κ2) is 6.81. The molecule has 1 aliphatic rings. The second-order valence-corrected chi connectivity index (χ2v) is 5.50. The maximum absolute atomic E-state index is 10.2. The number of ether oxygens (including phenoxy) is 1. The third kappa shape index (κ3) is 4.85. The van der Waals surface area contributed by atoms with E-state index in [-0.39, 0.29) is 0 Å². The fraction of sp³-hybridized carbons (Fsp3) is 0.857. The Bertz CT molecular complexity index is 411. The van der Waals surface area contributed by atoms with Gasteiger partial charge in [-0.3, -0.25) is 4.55 Å². The monoisotopic (exact) mass is 319 g/mol. The van der Waals surface area contributed by atoms with E-state index in [2.05, 4.69) is 9.44 Å². The molecule has 0 saturated carbocycles. The largest absolute Gasteiger partial charge is 0.466 e. The Hall–Kier alpha value is -0.470. The molecule has 0 bridgehead atoms. The molecule has 19 heavy (non-hydrogen) atoms. The molecule has 1 aliphatic heterocycles. The van der Waals surface area contributed by atoms with Crippen LogP contribution in [0, 0.1) is 0 Å². The highest BCUT2D eigenvalue weighted by Gasteiger charge is 2.43. The van der Waals surface area contributed by atoms with Crippen LogP contribution in [0.15, 0.2) is 5.16 Å². The Balaban J connectivity index is 2.57. The lowest BCUT2D eigenvalue weighted by Gasteiger charge is -2.38. The minimum absolute atomic E-state index is 0.583. The van der Waals surface area contributed by atoms with Gasteiger partial charge >= 0.3 is 10.4 Å². The normalized spacial score (nSPS) is 36.6. The third-order valence-corrected chi connectivity index (χ3v) is 3.36. The van der Waals surface area contributed by atoms with Crippen LogP contribution in [0.25, 0.3) is 0 Å². The first kappa shape index (κ1) is 16.6. The predicted octanol–water partition coefficient (Wildman–Crippen LogP) is -2.72. The molecule has 5 N–H and O–H groups in total. The van der Waals surface area contributed by atoms with E-state index in [0.29, 0.717) is 11.8 Å². The molecule has 0 unspecified atom stereocenters. The highest BCUT2D eigenvalue weighted by Crippen LogP contribution is 2.27. The van der Waals surface area contributed by atoms with Crippen molar-refractivity contribution in [1.29, 1.82) is 0 Å². The van der Waals surface area contributed by atoms with Gasteiger partial charge in [0.1, 0.15) is 35.4 Å². The van der Waals surface area contributed by atoms with Gasteiger partial charge in [-0.05, 0) is 0 Å². The zero-order valence-corrected chi connectivity index (χ0v) is 10.9. The number of aliphatic hydroxyl groups is 4. The van der Waals surface area contributed by atoms with Crippen LogP contribution < -0.4 is 0 Å². The summed E-state index contributed by atoms with van der Waals surface area (Å²) in [5.41, 5.74) is -0.301. The summed E-state index contributed by atoms with van der Waals surface area (Å²) in [5, 5.41) is 40.3. The topological polar surface area (TPSA) is 166 Å². The van der Waals surface area contributed by atoms with Crippen LogP contribution in [0.3, 0.4) is 0 Å². The van der Waals surface area contributed by atoms with Gasteiger partial charge in [-0.15, -0.1) is 0 Å². The van der Waals surface area contributed by atoms with Crippen LogP contribution in [0.4, 0.5) is 0 Å². The summed E-state index contributed by atoms with van der Waals surface area (Å²) < 4.78 is 37.2. The number of hydrogen-bond donors (Lipinski definition) is 5. The molecule has 0 spiro atoms. The van der Waals surface area contributed by atoms with Gasteiger partial charge in [0.05, 0.1) is 6.61 Å². The molecule has 5 atom stereocenters. The van der Waals surface area contributed by atoms with Gasteiger partial charge in [-0.1, -0.05) is 16.9 Å². The zero-order chi connectivity index (χ0) is 14.6. The van der Waals surface area contributed by atoms with E-state index in [0.717, 1.165) is 5.55 Å². The summed E-state index contributed by atoms with van der Waals surface area (Å²) in [7, 11) is -4.72. The lowest BCUT2D eigenvalue weighted by molar-refractivity contribution is -0.205. The molecule has 1 saturated heterocycles. The number of nitrogens with zero attached hydrogens (tertiary/aromatic N) is 1. The molecule has 1 fully saturated rings. The standard InChI is InChI=1S/C7H13NO9S2/c9-1-3-4(10)5(11)6(12)7(16-3)18-2-8-17-19(13,14)15/h2-7,9-12H,1H2,(H,13,14,15)/b8-2-/t3-,4-,5+,6-,7+/m1/s1. The average molecular weight is 319 g/mol. The highest BCUT2D eigenvalue weighted by atomic mass is 32.3. The second-order valence-electron chi connectivity index (χ2n) is 3.55. The van der Waals surface area contributed by atoms with Gasteiger partial charge in [0.25, 0.3) is 0 Å². The first-order valence-corrected chi connectivity index (χ1v) is 7.21. The molecule has 0 aromatic heterocycles. The summed E-state index contributed by atoms with van der Waals surface area (Å²) in [5.74, 6) is 0.